The first-order valence-electron chi connectivity index (χ1n) is 11.4. The first kappa shape index (κ1) is 32.4. The number of rotatable bonds is 9. The van der Waals surface area contributed by atoms with Crippen LogP contribution in [0.5, 0.6) is 5.75 Å². The molecule has 0 N–H and O–H groups in total. The van der Waals surface area contributed by atoms with Crippen molar-refractivity contribution in [3.63, 3.8) is 0 Å². The SMILES string of the molecule is COc1cccc(C)c1N(COC(C)C)C(=O)CCl.O=C(OCc1ccccc1)c1sc(Cl)nc1C(F)(F)F. The van der Waals surface area contributed by atoms with E-state index in [1.165, 1.54) is 4.90 Å². The zero-order valence-corrected chi connectivity index (χ0v) is 23.9. The van der Waals surface area contributed by atoms with Gasteiger partial charge in [0, 0.05) is 0 Å². The van der Waals surface area contributed by atoms with Gasteiger partial charge in [0.1, 0.15) is 29.8 Å². The number of thiazole rings is 1. The molecule has 1 aromatic heterocycles. The highest BCUT2D eigenvalue weighted by Crippen LogP contribution is 2.36. The van der Waals surface area contributed by atoms with Gasteiger partial charge in [-0.1, -0.05) is 65.4 Å². The van der Waals surface area contributed by atoms with E-state index >= 15 is 0 Å². The number of para-hydroxylation sites is 1. The van der Waals surface area contributed by atoms with E-state index in [0.717, 1.165) is 5.56 Å². The number of hydrogen-bond donors (Lipinski definition) is 0. The van der Waals surface area contributed by atoms with Gasteiger partial charge in [-0.2, -0.15) is 13.2 Å². The Morgan fingerprint density at radius 3 is 2.33 bits per heavy atom. The molecule has 212 valence electrons. The topological polar surface area (TPSA) is 78.0 Å². The molecule has 3 rings (SSSR count). The van der Waals surface area contributed by atoms with E-state index in [0.29, 0.717) is 28.3 Å². The van der Waals surface area contributed by atoms with Crippen molar-refractivity contribution >= 4 is 52.1 Å². The molecule has 3 aromatic rings. The maximum absolute atomic E-state index is 12.7. The number of carbonyl (C=O) groups excluding carboxylic acids is 2. The molecule has 0 aliphatic heterocycles. The molecule has 39 heavy (non-hydrogen) atoms. The quantitative estimate of drug-likeness (QED) is 0.146. The Bertz CT molecular complexity index is 1240. The molecule has 0 aliphatic rings. The second-order valence-corrected chi connectivity index (χ2v) is 9.98. The van der Waals surface area contributed by atoms with Crippen molar-refractivity contribution in [2.24, 2.45) is 0 Å². The molecule has 0 spiro atoms. The van der Waals surface area contributed by atoms with E-state index < -0.39 is 22.7 Å². The molecular formula is C26H27Cl2F3N2O5S. The fourth-order valence-electron chi connectivity index (χ4n) is 3.11. The number of benzene rings is 2. The number of carbonyl (C=O) groups is 2. The van der Waals surface area contributed by atoms with Crippen molar-refractivity contribution < 1.29 is 37.0 Å². The van der Waals surface area contributed by atoms with E-state index in [-0.39, 0.29) is 35.7 Å². The minimum absolute atomic E-state index is 0.0284. The molecule has 1 heterocycles. The zero-order chi connectivity index (χ0) is 29.2. The van der Waals surface area contributed by atoms with Gasteiger partial charge in [-0.25, -0.2) is 9.78 Å². The second kappa shape index (κ2) is 15.1. The molecule has 0 saturated heterocycles. The fraction of sp³-hybridized carbons (Fsp3) is 0.346. The number of amides is 1. The molecule has 0 bridgehead atoms. The number of esters is 1. The van der Waals surface area contributed by atoms with Gasteiger partial charge in [0.05, 0.1) is 18.9 Å². The average Bonchev–Trinajstić information content (AvgIpc) is 3.31. The van der Waals surface area contributed by atoms with Crippen LogP contribution in [0, 0.1) is 6.92 Å². The Morgan fingerprint density at radius 2 is 1.77 bits per heavy atom. The van der Waals surface area contributed by atoms with Gasteiger partial charge >= 0.3 is 12.1 Å². The van der Waals surface area contributed by atoms with E-state index in [9.17, 15) is 22.8 Å². The molecule has 13 heteroatoms. The third kappa shape index (κ3) is 9.68. The first-order chi connectivity index (χ1) is 18.4. The van der Waals surface area contributed by atoms with E-state index in [1.54, 1.807) is 37.4 Å². The Hall–Kier alpha value is -2.86. The molecule has 0 atom stereocenters. The van der Waals surface area contributed by atoms with Crippen LogP contribution in [-0.4, -0.2) is 42.7 Å². The summed E-state index contributed by atoms with van der Waals surface area (Å²) in [6, 6.07) is 14.2. The number of aryl methyl sites for hydroxylation is 1. The lowest BCUT2D eigenvalue weighted by Gasteiger charge is -2.26. The van der Waals surface area contributed by atoms with Crippen LogP contribution in [0.3, 0.4) is 0 Å². The first-order valence-corrected chi connectivity index (χ1v) is 13.2. The summed E-state index contributed by atoms with van der Waals surface area (Å²) in [5.74, 6) is -0.773. The molecule has 0 unspecified atom stereocenters. The van der Waals surface area contributed by atoms with Gasteiger partial charge < -0.3 is 14.2 Å². The highest BCUT2D eigenvalue weighted by molar-refractivity contribution is 7.17. The van der Waals surface area contributed by atoms with Crippen LogP contribution in [0.1, 0.15) is 40.3 Å². The van der Waals surface area contributed by atoms with E-state index in [1.807, 2.05) is 39.0 Å². The van der Waals surface area contributed by atoms with Gasteiger partial charge in [-0.05, 0) is 38.0 Å². The van der Waals surface area contributed by atoms with Gasteiger partial charge in [0.25, 0.3) is 0 Å². The Balaban J connectivity index is 0.000000274. The molecular weight excluding hydrogens is 580 g/mol. The van der Waals surface area contributed by atoms with Gasteiger partial charge in [-0.3, -0.25) is 9.69 Å². The van der Waals surface area contributed by atoms with Crippen molar-refractivity contribution in [1.82, 2.24) is 4.98 Å². The fourth-order valence-corrected chi connectivity index (χ4v) is 4.28. The van der Waals surface area contributed by atoms with Crippen LogP contribution >= 0.6 is 34.5 Å². The number of hydrogen-bond acceptors (Lipinski definition) is 7. The number of aromatic nitrogens is 1. The van der Waals surface area contributed by atoms with Crippen LogP contribution in [0.4, 0.5) is 18.9 Å². The summed E-state index contributed by atoms with van der Waals surface area (Å²) in [7, 11) is 1.57. The van der Waals surface area contributed by atoms with Gasteiger partial charge in [0.15, 0.2) is 10.2 Å². The summed E-state index contributed by atoms with van der Waals surface area (Å²) in [5.41, 5.74) is 0.997. The van der Waals surface area contributed by atoms with Crippen LogP contribution in [-0.2, 0) is 27.1 Å². The number of ether oxygens (including phenoxy) is 3. The molecule has 2 aromatic carbocycles. The van der Waals surface area contributed by atoms with Crippen LogP contribution < -0.4 is 9.64 Å². The molecule has 0 aliphatic carbocycles. The van der Waals surface area contributed by atoms with Crippen molar-refractivity contribution in [2.75, 3.05) is 24.6 Å². The average molecular weight is 607 g/mol. The van der Waals surface area contributed by atoms with Crippen molar-refractivity contribution in [3.05, 3.63) is 74.7 Å². The summed E-state index contributed by atoms with van der Waals surface area (Å²) >= 11 is 11.5. The highest BCUT2D eigenvalue weighted by Gasteiger charge is 2.40. The van der Waals surface area contributed by atoms with Crippen LogP contribution in [0.2, 0.25) is 4.47 Å². The van der Waals surface area contributed by atoms with Gasteiger partial charge in [-0.15, -0.1) is 11.6 Å². The lowest BCUT2D eigenvalue weighted by atomic mass is 10.1. The summed E-state index contributed by atoms with van der Waals surface area (Å²) in [6.45, 7) is 5.79. The third-order valence-electron chi connectivity index (χ3n) is 4.91. The van der Waals surface area contributed by atoms with Crippen molar-refractivity contribution in [2.45, 2.75) is 39.7 Å². The maximum atomic E-state index is 12.7. The number of alkyl halides is 4. The summed E-state index contributed by atoms with van der Waals surface area (Å²) in [5, 5.41) is 0. The maximum Gasteiger partial charge on any atom is 0.435 e. The zero-order valence-electron chi connectivity index (χ0n) is 21.6. The second-order valence-electron chi connectivity index (χ2n) is 8.13. The molecule has 1 amide bonds. The number of nitrogens with zero attached hydrogens (tertiary/aromatic N) is 2. The Morgan fingerprint density at radius 1 is 1.10 bits per heavy atom. The lowest BCUT2D eigenvalue weighted by molar-refractivity contribution is -0.141. The molecule has 7 nitrogen and oxygen atoms in total. The van der Waals surface area contributed by atoms with Crippen molar-refractivity contribution in [1.29, 1.82) is 0 Å². The Labute approximate surface area is 238 Å². The number of halogens is 5. The number of anilines is 1. The largest absolute Gasteiger partial charge is 0.495 e. The minimum atomic E-state index is -4.75. The predicted octanol–water partition coefficient (Wildman–Crippen LogP) is 7.13. The standard InChI is InChI=1S/C14H20ClNO3.C12H7ClF3NO2S/c1-10(2)19-9-16(13(17)8-15)14-11(3)6-5-7-12(14)18-4;13-11-17-9(12(14,15)16)8(20-11)10(18)19-6-7-4-2-1-3-5-7/h5-7,10H,8-9H2,1-4H3;1-5H,6H2. The van der Waals surface area contributed by atoms with Crippen LogP contribution in [0.15, 0.2) is 48.5 Å². The normalized spacial score (nSPS) is 11.0. The minimum Gasteiger partial charge on any atom is -0.495 e. The van der Waals surface area contributed by atoms with Gasteiger partial charge in [0.2, 0.25) is 5.91 Å². The highest BCUT2D eigenvalue weighted by atomic mass is 35.5. The van der Waals surface area contributed by atoms with Crippen LogP contribution in [0.25, 0.3) is 0 Å². The molecule has 0 radical (unpaired) electrons. The lowest BCUT2D eigenvalue weighted by Crippen LogP contribution is -2.36. The summed E-state index contributed by atoms with van der Waals surface area (Å²) in [6.07, 6.45) is -4.72. The van der Waals surface area contributed by atoms with E-state index in [4.69, 9.17) is 37.4 Å². The molecule has 0 fully saturated rings. The predicted molar refractivity (Wildman–Crippen MR) is 145 cm³/mol. The van der Waals surface area contributed by atoms with Crippen molar-refractivity contribution in [3.8, 4) is 5.75 Å². The smallest absolute Gasteiger partial charge is 0.435 e. The number of methoxy groups -OCH3 is 1. The third-order valence-corrected chi connectivity index (χ3v) is 6.28. The van der Waals surface area contributed by atoms with E-state index in [2.05, 4.69) is 4.98 Å². The monoisotopic (exact) mass is 606 g/mol. The Kier molecular flexibility index (Phi) is 12.5. The summed E-state index contributed by atoms with van der Waals surface area (Å²) < 4.78 is 53.3. The molecule has 0 saturated carbocycles. The summed E-state index contributed by atoms with van der Waals surface area (Å²) in [4.78, 5) is 27.7.